The van der Waals surface area contributed by atoms with E-state index in [0.717, 1.165) is 23.1 Å². The van der Waals surface area contributed by atoms with Gasteiger partial charge in [0.15, 0.2) is 11.5 Å². The number of nitro groups is 1. The van der Waals surface area contributed by atoms with E-state index >= 15 is 0 Å². The fourth-order valence-electron chi connectivity index (χ4n) is 2.31. The molecule has 8 nitrogen and oxygen atoms in total. The number of hydrogen-bond acceptors (Lipinski definition) is 7. The molecular formula is C16H18N2O6S. The van der Waals surface area contributed by atoms with Crippen LogP contribution in [0.2, 0.25) is 0 Å². The van der Waals surface area contributed by atoms with Crippen LogP contribution in [0, 0.1) is 10.1 Å². The monoisotopic (exact) mass is 366 g/mol. The molecule has 2 amide bonds. The Morgan fingerprint density at radius 1 is 1.24 bits per heavy atom. The average Bonchev–Trinajstić information content (AvgIpc) is 2.85. The number of amides is 2. The normalized spacial score (nSPS) is 15.8. The van der Waals surface area contributed by atoms with Crippen LogP contribution in [0.3, 0.4) is 0 Å². The van der Waals surface area contributed by atoms with Crippen molar-refractivity contribution in [3.05, 3.63) is 32.7 Å². The van der Waals surface area contributed by atoms with Gasteiger partial charge in [-0.25, -0.2) is 0 Å². The van der Waals surface area contributed by atoms with Gasteiger partial charge in [0, 0.05) is 6.54 Å². The first-order valence-electron chi connectivity index (χ1n) is 7.58. The molecule has 0 radical (unpaired) electrons. The number of imide groups is 1. The highest BCUT2D eigenvalue weighted by atomic mass is 32.2. The van der Waals surface area contributed by atoms with Gasteiger partial charge in [0.2, 0.25) is 0 Å². The third kappa shape index (κ3) is 3.93. The van der Waals surface area contributed by atoms with Crippen LogP contribution in [0.4, 0.5) is 10.5 Å². The number of carbonyl (C=O) groups excluding carboxylic acids is 2. The molecule has 1 fully saturated rings. The third-order valence-electron chi connectivity index (χ3n) is 3.63. The number of nitro benzene ring substituents is 1. The zero-order valence-electron chi connectivity index (χ0n) is 14.1. The van der Waals surface area contributed by atoms with Gasteiger partial charge in [-0.15, -0.1) is 0 Å². The molecule has 1 aliphatic heterocycles. The molecule has 0 aliphatic carbocycles. The van der Waals surface area contributed by atoms with E-state index in [-0.39, 0.29) is 27.1 Å². The Balaban J connectivity index is 2.44. The number of carbonyl (C=O) groups is 2. The van der Waals surface area contributed by atoms with E-state index in [2.05, 4.69) is 0 Å². The van der Waals surface area contributed by atoms with E-state index in [1.165, 1.54) is 32.4 Å². The smallest absolute Gasteiger partial charge is 0.293 e. The van der Waals surface area contributed by atoms with Gasteiger partial charge < -0.3 is 9.47 Å². The molecule has 0 saturated carbocycles. The van der Waals surface area contributed by atoms with E-state index in [4.69, 9.17) is 9.47 Å². The molecule has 134 valence electrons. The van der Waals surface area contributed by atoms with Crippen molar-refractivity contribution in [2.75, 3.05) is 20.8 Å². The Kier molecular flexibility index (Phi) is 6.02. The largest absolute Gasteiger partial charge is 0.493 e. The summed E-state index contributed by atoms with van der Waals surface area (Å²) in [5.74, 6) is 0.0690. The maximum absolute atomic E-state index is 12.4. The van der Waals surface area contributed by atoms with E-state index in [0.29, 0.717) is 18.7 Å². The summed E-state index contributed by atoms with van der Waals surface area (Å²) in [6.07, 6.45) is 2.90. The molecule has 1 saturated heterocycles. The first kappa shape index (κ1) is 18.8. The number of nitrogens with zero attached hydrogens (tertiary/aromatic N) is 2. The van der Waals surface area contributed by atoms with Gasteiger partial charge >= 0.3 is 0 Å². The van der Waals surface area contributed by atoms with Crippen LogP contribution in [-0.4, -0.2) is 41.7 Å². The van der Waals surface area contributed by atoms with Crippen molar-refractivity contribution in [3.63, 3.8) is 0 Å². The topological polar surface area (TPSA) is 99.0 Å². The van der Waals surface area contributed by atoms with Gasteiger partial charge in [0.1, 0.15) is 0 Å². The van der Waals surface area contributed by atoms with Crippen LogP contribution in [0.25, 0.3) is 6.08 Å². The Bertz CT molecular complexity index is 746. The Morgan fingerprint density at radius 2 is 1.88 bits per heavy atom. The highest BCUT2D eigenvalue weighted by Gasteiger charge is 2.35. The third-order valence-corrected chi connectivity index (χ3v) is 4.53. The Morgan fingerprint density at radius 3 is 2.44 bits per heavy atom. The molecule has 1 heterocycles. The van der Waals surface area contributed by atoms with Crippen molar-refractivity contribution in [3.8, 4) is 11.5 Å². The molecule has 0 N–H and O–H groups in total. The molecule has 1 aromatic carbocycles. The predicted octanol–water partition coefficient (Wildman–Crippen LogP) is 3.45. The van der Waals surface area contributed by atoms with Crippen molar-refractivity contribution < 1.29 is 24.0 Å². The lowest BCUT2D eigenvalue weighted by Gasteiger charge is -2.11. The lowest BCUT2D eigenvalue weighted by molar-refractivity contribution is -0.385. The molecule has 0 atom stereocenters. The van der Waals surface area contributed by atoms with Crippen molar-refractivity contribution in [2.45, 2.75) is 19.8 Å². The Hall–Kier alpha value is -2.55. The lowest BCUT2D eigenvalue weighted by atomic mass is 10.1. The molecule has 0 spiro atoms. The van der Waals surface area contributed by atoms with Gasteiger partial charge in [0.05, 0.1) is 35.7 Å². The number of ether oxygens (including phenoxy) is 2. The summed E-state index contributed by atoms with van der Waals surface area (Å²) in [5.41, 5.74) is -0.0679. The minimum atomic E-state index is -0.574. The van der Waals surface area contributed by atoms with E-state index in [9.17, 15) is 19.7 Å². The van der Waals surface area contributed by atoms with Crippen LogP contribution < -0.4 is 9.47 Å². The zero-order valence-corrected chi connectivity index (χ0v) is 14.9. The molecular weight excluding hydrogens is 348 g/mol. The second kappa shape index (κ2) is 8.02. The first-order valence-corrected chi connectivity index (χ1v) is 8.40. The number of thioether (sulfide) groups is 1. The summed E-state index contributed by atoms with van der Waals surface area (Å²) in [7, 11) is 2.78. The van der Waals surface area contributed by atoms with Gasteiger partial charge in [-0.05, 0) is 30.3 Å². The van der Waals surface area contributed by atoms with E-state index in [1.807, 2.05) is 6.92 Å². The Labute approximate surface area is 148 Å². The number of methoxy groups -OCH3 is 2. The van der Waals surface area contributed by atoms with Gasteiger partial charge in [-0.3, -0.25) is 24.6 Å². The number of unbranched alkanes of at least 4 members (excludes halogenated alkanes) is 1. The number of rotatable bonds is 7. The SMILES string of the molecule is CCCCN1C(=O)S/C(=C\c2cc(OC)c(OC)cc2[N+](=O)[O-])C1=O. The van der Waals surface area contributed by atoms with Crippen LogP contribution >= 0.6 is 11.8 Å². The second-order valence-corrected chi connectivity index (χ2v) is 6.20. The summed E-state index contributed by atoms with van der Waals surface area (Å²) in [6.45, 7) is 2.30. The van der Waals surface area contributed by atoms with Crippen LogP contribution in [-0.2, 0) is 4.79 Å². The molecule has 1 aromatic rings. The second-order valence-electron chi connectivity index (χ2n) is 5.21. The fourth-order valence-corrected chi connectivity index (χ4v) is 3.16. The van der Waals surface area contributed by atoms with E-state index in [1.54, 1.807) is 0 Å². The van der Waals surface area contributed by atoms with Crippen molar-refractivity contribution in [2.24, 2.45) is 0 Å². The van der Waals surface area contributed by atoms with Crippen LogP contribution in [0.5, 0.6) is 11.5 Å². The summed E-state index contributed by atoms with van der Waals surface area (Å²) in [4.78, 5) is 36.4. The molecule has 25 heavy (non-hydrogen) atoms. The average molecular weight is 366 g/mol. The molecule has 0 bridgehead atoms. The number of benzene rings is 1. The molecule has 2 rings (SSSR count). The maximum atomic E-state index is 12.4. The summed E-state index contributed by atoms with van der Waals surface area (Å²) in [6, 6.07) is 2.64. The highest BCUT2D eigenvalue weighted by Crippen LogP contribution is 2.38. The quantitative estimate of drug-likeness (QED) is 0.414. The van der Waals surface area contributed by atoms with Crippen LogP contribution in [0.15, 0.2) is 17.0 Å². The first-order chi connectivity index (χ1) is 11.9. The molecule has 0 aromatic heterocycles. The maximum Gasteiger partial charge on any atom is 0.293 e. The van der Waals surface area contributed by atoms with Gasteiger partial charge in [0.25, 0.3) is 16.8 Å². The van der Waals surface area contributed by atoms with Crippen molar-refractivity contribution in [1.29, 1.82) is 0 Å². The highest BCUT2D eigenvalue weighted by molar-refractivity contribution is 8.18. The minimum absolute atomic E-state index is 0.149. The molecule has 9 heteroatoms. The predicted molar refractivity (Wildman–Crippen MR) is 93.8 cm³/mol. The molecule has 0 unspecified atom stereocenters. The lowest BCUT2D eigenvalue weighted by Crippen LogP contribution is -2.29. The van der Waals surface area contributed by atoms with Gasteiger partial charge in [-0.1, -0.05) is 13.3 Å². The van der Waals surface area contributed by atoms with Crippen LogP contribution in [0.1, 0.15) is 25.3 Å². The summed E-state index contributed by atoms with van der Waals surface area (Å²) < 4.78 is 10.2. The molecule has 1 aliphatic rings. The number of hydrogen-bond donors (Lipinski definition) is 0. The fraction of sp³-hybridized carbons (Fsp3) is 0.375. The van der Waals surface area contributed by atoms with Crippen molar-refractivity contribution >= 4 is 34.7 Å². The zero-order chi connectivity index (χ0) is 18.6. The van der Waals surface area contributed by atoms with Gasteiger partial charge in [-0.2, -0.15) is 0 Å². The standard InChI is InChI=1S/C16H18N2O6S/c1-4-5-6-17-15(19)14(25-16(17)20)8-10-7-12(23-2)13(24-3)9-11(10)18(21)22/h7-9H,4-6H2,1-3H3/b14-8-. The van der Waals surface area contributed by atoms with Crippen molar-refractivity contribution in [1.82, 2.24) is 4.90 Å². The van der Waals surface area contributed by atoms with E-state index < -0.39 is 10.8 Å². The summed E-state index contributed by atoms with van der Waals surface area (Å²) in [5, 5.41) is 11.0. The summed E-state index contributed by atoms with van der Waals surface area (Å²) >= 11 is 0.775. The minimum Gasteiger partial charge on any atom is -0.493 e.